The molecule has 66 valence electrons. The number of rotatable bonds is 4. The van der Waals surface area contributed by atoms with Crippen molar-refractivity contribution in [3.63, 3.8) is 0 Å². The molecule has 0 N–H and O–H groups in total. The lowest BCUT2D eigenvalue weighted by Crippen LogP contribution is -1.98. The molecular weight excluding hydrogens is 152 g/mol. The minimum atomic E-state index is 0.586. The summed E-state index contributed by atoms with van der Waals surface area (Å²) < 4.78 is 7.11. The molecule has 0 aliphatic carbocycles. The van der Waals surface area contributed by atoms with Gasteiger partial charge in [-0.05, 0) is 12.0 Å². The molecule has 1 rings (SSSR count). The quantitative estimate of drug-likeness (QED) is 0.637. The van der Waals surface area contributed by atoms with Crippen molar-refractivity contribution in [1.82, 2.24) is 9.78 Å². The van der Waals surface area contributed by atoms with Crippen LogP contribution in [0, 0.1) is 0 Å². The second-order valence-corrected chi connectivity index (χ2v) is 2.74. The molecule has 0 aliphatic rings. The minimum absolute atomic E-state index is 0.586. The molecule has 1 aromatic heterocycles. The second kappa shape index (κ2) is 3.95. The molecule has 0 fully saturated rings. The van der Waals surface area contributed by atoms with Crippen LogP contribution in [0.15, 0.2) is 24.5 Å². The van der Waals surface area contributed by atoms with Gasteiger partial charge < -0.3 is 4.74 Å². The third-order valence-corrected chi connectivity index (χ3v) is 1.62. The summed E-state index contributed by atoms with van der Waals surface area (Å²) in [7, 11) is 1.86. The normalized spacial score (nSPS) is 9.83. The van der Waals surface area contributed by atoms with E-state index in [0.717, 1.165) is 17.7 Å². The minimum Gasteiger partial charge on any atom is -0.486 e. The Labute approximate surface area is 72.7 Å². The van der Waals surface area contributed by atoms with Crippen LogP contribution in [0.3, 0.4) is 0 Å². The third kappa shape index (κ3) is 2.42. The van der Waals surface area contributed by atoms with Gasteiger partial charge in [-0.15, -0.1) is 0 Å². The molecule has 3 heteroatoms. The Balaban J connectivity index is 2.38. The SMILES string of the molecule is C=C(CC)COc1cnn(C)c1. The first-order chi connectivity index (χ1) is 5.72. The van der Waals surface area contributed by atoms with Crippen molar-refractivity contribution >= 4 is 0 Å². The Hall–Kier alpha value is -1.25. The standard InChI is InChI=1S/C9H14N2O/c1-4-8(2)7-12-9-5-10-11(3)6-9/h5-6H,2,4,7H2,1,3H3. The van der Waals surface area contributed by atoms with Crippen LogP contribution in [0.2, 0.25) is 0 Å². The van der Waals surface area contributed by atoms with Crippen molar-refractivity contribution < 1.29 is 4.74 Å². The summed E-state index contributed by atoms with van der Waals surface area (Å²) >= 11 is 0. The van der Waals surface area contributed by atoms with Crippen LogP contribution < -0.4 is 4.74 Å². The summed E-state index contributed by atoms with van der Waals surface area (Å²) in [5.41, 5.74) is 1.10. The molecule has 0 atom stereocenters. The van der Waals surface area contributed by atoms with Gasteiger partial charge >= 0.3 is 0 Å². The molecule has 0 saturated carbocycles. The lowest BCUT2D eigenvalue weighted by Gasteiger charge is -2.02. The van der Waals surface area contributed by atoms with Crippen LogP contribution in [0.25, 0.3) is 0 Å². The fraction of sp³-hybridized carbons (Fsp3) is 0.444. The summed E-state index contributed by atoms with van der Waals surface area (Å²) in [5.74, 6) is 0.798. The predicted molar refractivity (Wildman–Crippen MR) is 48.1 cm³/mol. The van der Waals surface area contributed by atoms with Crippen molar-refractivity contribution in [2.75, 3.05) is 6.61 Å². The zero-order chi connectivity index (χ0) is 8.97. The van der Waals surface area contributed by atoms with Crippen LogP contribution in [0.1, 0.15) is 13.3 Å². The maximum atomic E-state index is 5.40. The Morgan fingerprint density at radius 2 is 2.50 bits per heavy atom. The van der Waals surface area contributed by atoms with Gasteiger partial charge in [0, 0.05) is 7.05 Å². The summed E-state index contributed by atoms with van der Waals surface area (Å²) in [6.45, 7) is 6.49. The molecule has 0 aliphatic heterocycles. The zero-order valence-corrected chi connectivity index (χ0v) is 7.58. The zero-order valence-electron chi connectivity index (χ0n) is 7.58. The fourth-order valence-corrected chi connectivity index (χ4v) is 0.761. The highest BCUT2D eigenvalue weighted by molar-refractivity contribution is 5.12. The number of hydrogen-bond donors (Lipinski definition) is 0. The van der Waals surface area contributed by atoms with Gasteiger partial charge in [-0.25, -0.2) is 0 Å². The highest BCUT2D eigenvalue weighted by atomic mass is 16.5. The molecule has 0 bridgehead atoms. The molecule has 0 radical (unpaired) electrons. The highest BCUT2D eigenvalue weighted by Crippen LogP contribution is 2.08. The summed E-state index contributed by atoms with van der Waals surface area (Å²) in [6.07, 6.45) is 4.49. The number of nitrogens with zero attached hydrogens (tertiary/aromatic N) is 2. The van der Waals surface area contributed by atoms with Gasteiger partial charge in [0.25, 0.3) is 0 Å². The third-order valence-electron chi connectivity index (χ3n) is 1.62. The van der Waals surface area contributed by atoms with Crippen LogP contribution in [-0.4, -0.2) is 16.4 Å². The smallest absolute Gasteiger partial charge is 0.157 e. The van der Waals surface area contributed by atoms with Crippen LogP contribution in [0.4, 0.5) is 0 Å². The molecule has 0 saturated heterocycles. The van der Waals surface area contributed by atoms with E-state index in [-0.39, 0.29) is 0 Å². The van der Waals surface area contributed by atoms with Gasteiger partial charge in [-0.2, -0.15) is 5.10 Å². The largest absolute Gasteiger partial charge is 0.486 e. The van der Waals surface area contributed by atoms with Crippen molar-refractivity contribution in [1.29, 1.82) is 0 Å². The summed E-state index contributed by atoms with van der Waals surface area (Å²) in [4.78, 5) is 0. The average molecular weight is 166 g/mol. The Morgan fingerprint density at radius 1 is 1.75 bits per heavy atom. The maximum Gasteiger partial charge on any atom is 0.157 e. The van der Waals surface area contributed by atoms with E-state index in [1.165, 1.54) is 0 Å². The Morgan fingerprint density at radius 3 is 3.00 bits per heavy atom. The number of hydrogen-bond acceptors (Lipinski definition) is 2. The van der Waals surface area contributed by atoms with Crippen molar-refractivity contribution in [3.8, 4) is 5.75 Å². The molecule has 1 heterocycles. The number of ether oxygens (including phenoxy) is 1. The first-order valence-corrected chi connectivity index (χ1v) is 4.00. The second-order valence-electron chi connectivity index (χ2n) is 2.74. The van der Waals surface area contributed by atoms with Gasteiger partial charge in [-0.3, -0.25) is 4.68 Å². The van der Waals surface area contributed by atoms with E-state index in [0.29, 0.717) is 6.61 Å². The van der Waals surface area contributed by atoms with Gasteiger partial charge in [0.05, 0.1) is 12.4 Å². The lowest BCUT2D eigenvalue weighted by atomic mass is 10.2. The topological polar surface area (TPSA) is 27.1 Å². The van der Waals surface area contributed by atoms with Crippen LogP contribution >= 0.6 is 0 Å². The summed E-state index contributed by atoms with van der Waals surface area (Å²) in [6, 6.07) is 0. The molecule has 0 amide bonds. The first-order valence-electron chi connectivity index (χ1n) is 4.00. The molecule has 3 nitrogen and oxygen atoms in total. The molecule has 0 unspecified atom stereocenters. The van der Waals surface area contributed by atoms with E-state index in [1.807, 2.05) is 13.2 Å². The van der Waals surface area contributed by atoms with E-state index in [9.17, 15) is 0 Å². The van der Waals surface area contributed by atoms with Crippen molar-refractivity contribution in [2.24, 2.45) is 7.05 Å². The van der Waals surface area contributed by atoms with Crippen molar-refractivity contribution in [3.05, 3.63) is 24.5 Å². The van der Waals surface area contributed by atoms with Gasteiger partial charge in [-0.1, -0.05) is 13.5 Å². The lowest BCUT2D eigenvalue weighted by molar-refractivity contribution is 0.349. The maximum absolute atomic E-state index is 5.40. The van der Waals surface area contributed by atoms with Crippen molar-refractivity contribution in [2.45, 2.75) is 13.3 Å². The molecule has 0 aromatic carbocycles. The fourth-order valence-electron chi connectivity index (χ4n) is 0.761. The molecule has 12 heavy (non-hydrogen) atoms. The average Bonchev–Trinajstić information content (AvgIpc) is 2.47. The van der Waals surface area contributed by atoms with Crippen LogP contribution in [-0.2, 0) is 7.05 Å². The van der Waals surface area contributed by atoms with Gasteiger partial charge in [0.2, 0.25) is 0 Å². The van der Waals surface area contributed by atoms with Gasteiger partial charge in [0.15, 0.2) is 5.75 Å². The van der Waals surface area contributed by atoms with E-state index in [4.69, 9.17) is 4.74 Å². The van der Waals surface area contributed by atoms with Crippen LogP contribution in [0.5, 0.6) is 5.75 Å². The van der Waals surface area contributed by atoms with E-state index >= 15 is 0 Å². The Bertz CT molecular complexity index is 265. The van der Waals surface area contributed by atoms with E-state index < -0.39 is 0 Å². The Kier molecular flexibility index (Phi) is 2.91. The monoisotopic (exact) mass is 166 g/mol. The summed E-state index contributed by atoms with van der Waals surface area (Å²) in [5, 5.41) is 3.98. The first kappa shape index (κ1) is 8.84. The number of aryl methyl sites for hydroxylation is 1. The molecule has 1 aromatic rings. The number of aromatic nitrogens is 2. The van der Waals surface area contributed by atoms with E-state index in [2.05, 4.69) is 18.6 Å². The predicted octanol–water partition coefficient (Wildman–Crippen LogP) is 1.77. The highest BCUT2D eigenvalue weighted by Gasteiger charge is 1.96. The molecule has 0 spiro atoms. The van der Waals surface area contributed by atoms with Gasteiger partial charge in [0.1, 0.15) is 6.61 Å². The molecular formula is C9H14N2O. The van der Waals surface area contributed by atoms with E-state index in [1.54, 1.807) is 10.9 Å².